The van der Waals surface area contributed by atoms with Crippen LogP contribution in [0.2, 0.25) is 0 Å². The quantitative estimate of drug-likeness (QED) is 0.866. The van der Waals surface area contributed by atoms with Crippen molar-refractivity contribution in [3.63, 3.8) is 0 Å². The topological polar surface area (TPSA) is 72.1 Å². The smallest absolute Gasteiger partial charge is 0.232 e. The van der Waals surface area contributed by atoms with Gasteiger partial charge >= 0.3 is 0 Å². The Balaban J connectivity index is 1.66. The molecule has 3 heterocycles. The lowest BCUT2D eigenvalue weighted by atomic mass is 9.90. The van der Waals surface area contributed by atoms with E-state index in [9.17, 15) is 4.79 Å². The number of hydrogen-bond donors (Lipinski definition) is 0. The summed E-state index contributed by atoms with van der Waals surface area (Å²) in [6.45, 7) is 7.13. The van der Waals surface area contributed by atoms with Gasteiger partial charge in [0.25, 0.3) is 0 Å². The van der Waals surface area contributed by atoms with Crippen LogP contribution in [0.1, 0.15) is 51.2 Å². The molecule has 1 unspecified atom stereocenters. The Morgan fingerprint density at radius 3 is 2.95 bits per heavy atom. The normalized spacial score (nSPS) is 19.1. The molecule has 1 saturated heterocycles. The average molecular weight is 320 g/mol. The van der Waals surface area contributed by atoms with E-state index in [0.717, 1.165) is 23.8 Å². The van der Waals surface area contributed by atoms with Crippen molar-refractivity contribution >= 4 is 22.4 Å². The van der Waals surface area contributed by atoms with Crippen LogP contribution in [0.5, 0.6) is 0 Å². The van der Waals surface area contributed by atoms with Gasteiger partial charge in [-0.2, -0.15) is 4.98 Å². The molecule has 22 heavy (non-hydrogen) atoms. The lowest BCUT2D eigenvalue weighted by Gasteiger charge is -2.15. The number of rotatable bonds is 4. The van der Waals surface area contributed by atoms with Crippen LogP contribution in [0.4, 0.5) is 5.13 Å². The summed E-state index contributed by atoms with van der Waals surface area (Å²) >= 11 is 1.46. The summed E-state index contributed by atoms with van der Waals surface area (Å²) in [5.74, 6) is 1.32. The van der Waals surface area contributed by atoms with Crippen molar-refractivity contribution in [2.75, 3.05) is 11.4 Å². The van der Waals surface area contributed by atoms with Crippen LogP contribution in [0.25, 0.3) is 0 Å². The van der Waals surface area contributed by atoms with Crippen LogP contribution in [0, 0.1) is 5.41 Å². The molecule has 0 radical (unpaired) electrons. The van der Waals surface area contributed by atoms with Gasteiger partial charge in [-0.05, 0) is 11.8 Å². The first-order valence-electron chi connectivity index (χ1n) is 7.45. The second kappa shape index (κ2) is 5.79. The predicted molar refractivity (Wildman–Crippen MR) is 83.9 cm³/mol. The Kier molecular flexibility index (Phi) is 3.99. The molecule has 0 spiro atoms. The number of aryl methyl sites for hydroxylation is 1. The van der Waals surface area contributed by atoms with E-state index in [4.69, 9.17) is 4.52 Å². The van der Waals surface area contributed by atoms with Crippen LogP contribution in [-0.2, 0) is 11.2 Å². The molecule has 1 aliphatic rings. The highest BCUT2D eigenvalue weighted by atomic mass is 32.1. The van der Waals surface area contributed by atoms with Crippen molar-refractivity contribution in [2.45, 2.75) is 46.0 Å². The third-order valence-electron chi connectivity index (χ3n) is 3.71. The van der Waals surface area contributed by atoms with Crippen LogP contribution < -0.4 is 4.90 Å². The Hall–Kier alpha value is -1.76. The summed E-state index contributed by atoms with van der Waals surface area (Å²) in [7, 11) is 0. The highest BCUT2D eigenvalue weighted by Crippen LogP contribution is 2.32. The van der Waals surface area contributed by atoms with E-state index in [1.54, 1.807) is 11.1 Å². The third kappa shape index (κ3) is 3.35. The molecule has 2 aromatic rings. The molecule has 1 atom stereocenters. The monoisotopic (exact) mass is 320 g/mol. The average Bonchev–Trinajstić information content (AvgIpc) is 3.15. The molecular formula is C15H20N4O2S. The van der Waals surface area contributed by atoms with Crippen molar-refractivity contribution in [1.82, 2.24) is 15.1 Å². The van der Waals surface area contributed by atoms with E-state index < -0.39 is 0 Å². The molecule has 6 nitrogen and oxygen atoms in total. The molecule has 3 rings (SSSR count). The number of thiazole rings is 1. The zero-order valence-corrected chi connectivity index (χ0v) is 13.9. The fourth-order valence-corrected chi connectivity index (χ4v) is 3.10. The van der Waals surface area contributed by atoms with E-state index in [1.807, 2.05) is 5.38 Å². The molecular weight excluding hydrogens is 300 g/mol. The van der Waals surface area contributed by atoms with Crippen molar-refractivity contribution in [1.29, 1.82) is 0 Å². The first-order valence-corrected chi connectivity index (χ1v) is 8.33. The lowest BCUT2D eigenvalue weighted by molar-refractivity contribution is -0.117. The zero-order chi connectivity index (χ0) is 15.7. The summed E-state index contributed by atoms with van der Waals surface area (Å²) < 4.78 is 5.37. The number of carbonyl (C=O) groups excluding carboxylic acids is 1. The van der Waals surface area contributed by atoms with Crippen molar-refractivity contribution in [3.05, 3.63) is 23.3 Å². The Morgan fingerprint density at radius 1 is 1.45 bits per heavy atom. The number of amides is 1. The minimum absolute atomic E-state index is 0.0349. The first kappa shape index (κ1) is 15.1. The predicted octanol–water partition coefficient (Wildman–Crippen LogP) is 3.03. The van der Waals surface area contributed by atoms with E-state index >= 15 is 0 Å². The van der Waals surface area contributed by atoms with Crippen molar-refractivity contribution in [3.8, 4) is 0 Å². The minimum Gasteiger partial charge on any atom is -0.339 e. The molecule has 0 N–H and O–H groups in total. The maximum Gasteiger partial charge on any atom is 0.232 e. The van der Waals surface area contributed by atoms with Gasteiger partial charge < -0.3 is 4.52 Å². The van der Waals surface area contributed by atoms with Crippen LogP contribution in [0.15, 0.2) is 16.1 Å². The van der Waals surface area contributed by atoms with Gasteiger partial charge in [0.2, 0.25) is 11.8 Å². The molecule has 0 aliphatic carbocycles. The number of nitrogens with zero attached hydrogens (tertiary/aromatic N) is 4. The number of carbonyl (C=O) groups is 1. The summed E-state index contributed by atoms with van der Waals surface area (Å²) in [5.41, 5.74) is 0.242. The molecule has 0 aromatic carbocycles. The molecule has 118 valence electrons. The van der Waals surface area contributed by atoms with E-state index in [1.165, 1.54) is 11.3 Å². The summed E-state index contributed by atoms with van der Waals surface area (Å²) in [6.07, 6.45) is 3.91. The maximum atomic E-state index is 12.1. The minimum atomic E-state index is -0.0349. The number of hydrogen-bond acceptors (Lipinski definition) is 6. The lowest BCUT2D eigenvalue weighted by Crippen LogP contribution is -2.24. The van der Waals surface area contributed by atoms with Crippen LogP contribution in [0.3, 0.4) is 0 Å². The number of anilines is 1. The van der Waals surface area contributed by atoms with Gasteiger partial charge in [0.1, 0.15) is 0 Å². The molecule has 2 aromatic heterocycles. The van der Waals surface area contributed by atoms with Gasteiger partial charge in [0, 0.05) is 31.0 Å². The Labute approximate surface area is 133 Å². The SMILES string of the molecule is CC(C)(C)CCc1noc(C2CC(=O)N(c3nccs3)C2)n1. The molecule has 1 amide bonds. The van der Waals surface area contributed by atoms with Gasteiger partial charge in [-0.1, -0.05) is 25.9 Å². The molecule has 1 fully saturated rings. The molecule has 0 saturated carbocycles. The highest BCUT2D eigenvalue weighted by Gasteiger charge is 2.36. The van der Waals surface area contributed by atoms with E-state index in [-0.39, 0.29) is 17.2 Å². The molecule has 0 bridgehead atoms. The van der Waals surface area contributed by atoms with Gasteiger partial charge in [0.15, 0.2) is 11.0 Å². The summed E-state index contributed by atoms with van der Waals surface area (Å²) in [4.78, 5) is 22.5. The number of aromatic nitrogens is 3. The molecule has 1 aliphatic heterocycles. The van der Waals surface area contributed by atoms with Crippen molar-refractivity contribution in [2.24, 2.45) is 5.41 Å². The van der Waals surface area contributed by atoms with Gasteiger partial charge in [-0.15, -0.1) is 11.3 Å². The van der Waals surface area contributed by atoms with E-state index in [0.29, 0.717) is 18.9 Å². The van der Waals surface area contributed by atoms with Gasteiger partial charge in [-0.3, -0.25) is 9.69 Å². The standard InChI is InChI=1S/C15H20N4O2S/c1-15(2,3)5-4-11-17-13(21-18-11)10-8-12(20)19(9-10)14-16-6-7-22-14/h6-7,10H,4-5,8-9H2,1-3H3. The Bertz CT molecular complexity index is 645. The van der Waals surface area contributed by atoms with Crippen LogP contribution >= 0.6 is 11.3 Å². The van der Waals surface area contributed by atoms with E-state index in [2.05, 4.69) is 35.9 Å². The second-order valence-electron chi connectivity index (χ2n) is 6.83. The summed E-state index contributed by atoms with van der Waals surface area (Å²) in [6, 6.07) is 0. The fourth-order valence-electron chi connectivity index (χ4n) is 2.43. The zero-order valence-electron chi connectivity index (χ0n) is 13.1. The molecule has 7 heteroatoms. The maximum absolute atomic E-state index is 12.1. The third-order valence-corrected chi connectivity index (χ3v) is 4.50. The van der Waals surface area contributed by atoms with Gasteiger partial charge in [-0.25, -0.2) is 4.98 Å². The highest BCUT2D eigenvalue weighted by molar-refractivity contribution is 7.13. The first-order chi connectivity index (χ1) is 10.4. The van der Waals surface area contributed by atoms with Crippen molar-refractivity contribution < 1.29 is 9.32 Å². The van der Waals surface area contributed by atoms with Gasteiger partial charge in [0.05, 0.1) is 5.92 Å². The second-order valence-corrected chi connectivity index (χ2v) is 7.70. The summed E-state index contributed by atoms with van der Waals surface area (Å²) in [5, 5.41) is 6.65. The largest absolute Gasteiger partial charge is 0.339 e. The fraction of sp³-hybridized carbons (Fsp3) is 0.600. The Morgan fingerprint density at radius 2 is 2.27 bits per heavy atom. The van der Waals surface area contributed by atoms with Crippen LogP contribution in [-0.4, -0.2) is 27.6 Å².